The first-order chi connectivity index (χ1) is 11.5. The number of para-hydroxylation sites is 1. The van der Waals surface area contributed by atoms with Crippen LogP contribution in [0.1, 0.15) is 15.9 Å². The van der Waals surface area contributed by atoms with Crippen molar-refractivity contribution in [3.63, 3.8) is 0 Å². The van der Waals surface area contributed by atoms with Crippen molar-refractivity contribution < 1.29 is 9.90 Å². The van der Waals surface area contributed by atoms with Crippen molar-refractivity contribution in [3.8, 4) is 10.6 Å². The second kappa shape index (κ2) is 6.59. The van der Waals surface area contributed by atoms with Crippen molar-refractivity contribution in [2.24, 2.45) is 12.0 Å². The van der Waals surface area contributed by atoms with Gasteiger partial charge in [-0.25, -0.2) is 14.5 Å². The fourth-order valence-electron chi connectivity index (χ4n) is 2.23. The van der Waals surface area contributed by atoms with E-state index in [2.05, 4.69) is 10.1 Å². The van der Waals surface area contributed by atoms with E-state index in [0.717, 1.165) is 16.1 Å². The number of aromatic carboxylic acids is 1. The molecule has 1 N–H and O–H groups in total. The lowest BCUT2D eigenvalue weighted by molar-refractivity contribution is 0.0697. The van der Waals surface area contributed by atoms with E-state index in [0.29, 0.717) is 15.5 Å². The Labute approximate surface area is 147 Å². The molecule has 7 heteroatoms. The van der Waals surface area contributed by atoms with E-state index in [4.69, 9.17) is 11.6 Å². The summed E-state index contributed by atoms with van der Waals surface area (Å²) in [6.45, 7) is 1.84. The highest BCUT2D eigenvalue weighted by Gasteiger charge is 2.12. The Morgan fingerprint density at radius 1 is 1.25 bits per heavy atom. The smallest absolute Gasteiger partial charge is 0.337 e. The van der Waals surface area contributed by atoms with Gasteiger partial charge in [-0.05, 0) is 30.7 Å². The second-order valence-electron chi connectivity index (χ2n) is 5.21. The van der Waals surface area contributed by atoms with Crippen LogP contribution < -0.4 is 4.80 Å². The number of benzene rings is 2. The van der Waals surface area contributed by atoms with Gasteiger partial charge < -0.3 is 5.11 Å². The Bertz CT molecular complexity index is 974. The summed E-state index contributed by atoms with van der Waals surface area (Å²) < 4.78 is 1.65. The van der Waals surface area contributed by atoms with Crippen LogP contribution in [-0.4, -0.2) is 20.9 Å². The highest BCUT2D eigenvalue weighted by molar-refractivity contribution is 7.12. The molecule has 0 saturated carbocycles. The molecule has 0 radical (unpaired) electrons. The summed E-state index contributed by atoms with van der Waals surface area (Å²) in [5.74, 6) is -0.998. The van der Waals surface area contributed by atoms with Crippen LogP contribution in [0.2, 0.25) is 5.02 Å². The highest BCUT2D eigenvalue weighted by Crippen LogP contribution is 2.25. The minimum absolute atomic E-state index is 0.177. The summed E-state index contributed by atoms with van der Waals surface area (Å²) in [7, 11) is 1.79. The Morgan fingerprint density at radius 3 is 2.62 bits per heavy atom. The molecule has 0 bridgehead atoms. The monoisotopic (exact) mass is 359 g/mol. The standard InChI is InChI=1S/C17H14ClN3O2S/c1-10-4-3-5-13(16(22)23)14(10)19-17-21(2)20-15(24-17)11-6-8-12(18)9-7-11/h3-9H,1-2H3,(H,22,23). The maximum atomic E-state index is 11.4. The average molecular weight is 360 g/mol. The van der Waals surface area contributed by atoms with E-state index in [1.807, 2.05) is 25.1 Å². The molecule has 3 aromatic rings. The largest absolute Gasteiger partial charge is 0.478 e. The van der Waals surface area contributed by atoms with E-state index < -0.39 is 5.97 Å². The number of aryl methyl sites for hydroxylation is 2. The third-order valence-electron chi connectivity index (χ3n) is 3.47. The molecule has 1 aromatic heterocycles. The molecule has 24 heavy (non-hydrogen) atoms. The van der Waals surface area contributed by atoms with Crippen molar-refractivity contribution in [1.82, 2.24) is 9.78 Å². The topological polar surface area (TPSA) is 67.5 Å². The third-order valence-corrected chi connectivity index (χ3v) is 4.77. The molecule has 0 unspecified atom stereocenters. The van der Waals surface area contributed by atoms with Gasteiger partial charge in [-0.3, -0.25) is 0 Å². The minimum atomic E-state index is -0.998. The molecule has 0 atom stereocenters. The minimum Gasteiger partial charge on any atom is -0.478 e. The summed E-state index contributed by atoms with van der Waals surface area (Å²) in [4.78, 5) is 16.6. The lowest BCUT2D eigenvalue weighted by atomic mass is 10.1. The molecular formula is C17H14ClN3O2S. The number of halogens is 1. The second-order valence-corrected chi connectivity index (χ2v) is 6.60. The molecule has 0 saturated heterocycles. The van der Waals surface area contributed by atoms with Gasteiger partial charge in [0.2, 0.25) is 4.80 Å². The van der Waals surface area contributed by atoms with Gasteiger partial charge in [0.1, 0.15) is 5.01 Å². The first kappa shape index (κ1) is 16.4. The van der Waals surface area contributed by atoms with Crippen LogP contribution in [0.15, 0.2) is 47.5 Å². The van der Waals surface area contributed by atoms with Gasteiger partial charge in [0.05, 0.1) is 11.3 Å². The van der Waals surface area contributed by atoms with E-state index in [1.165, 1.54) is 11.3 Å². The van der Waals surface area contributed by atoms with E-state index >= 15 is 0 Å². The lowest BCUT2D eigenvalue weighted by Gasteiger charge is -2.03. The number of aromatic nitrogens is 2. The van der Waals surface area contributed by atoms with Gasteiger partial charge in [0, 0.05) is 17.6 Å². The van der Waals surface area contributed by atoms with Crippen molar-refractivity contribution in [2.75, 3.05) is 0 Å². The summed E-state index contributed by atoms with van der Waals surface area (Å²) in [6.07, 6.45) is 0. The van der Waals surface area contributed by atoms with E-state index in [1.54, 1.807) is 36.0 Å². The molecule has 0 aliphatic heterocycles. The van der Waals surface area contributed by atoms with Crippen LogP contribution in [0, 0.1) is 6.92 Å². The van der Waals surface area contributed by atoms with Gasteiger partial charge >= 0.3 is 5.97 Å². The summed E-state index contributed by atoms with van der Waals surface area (Å²) in [5.41, 5.74) is 2.37. The number of carboxylic acids is 1. The zero-order valence-electron chi connectivity index (χ0n) is 13.0. The number of carbonyl (C=O) groups is 1. The Morgan fingerprint density at radius 2 is 1.96 bits per heavy atom. The molecular weight excluding hydrogens is 346 g/mol. The number of hydrogen-bond acceptors (Lipinski definition) is 4. The Hall–Kier alpha value is -2.44. The highest BCUT2D eigenvalue weighted by atomic mass is 35.5. The summed E-state index contributed by atoms with van der Waals surface area (Å²) in [6, 6.07) is 12.5. The van der Waals surface area contributed by atoms with Crippen LogP contribution in [0.3, 0.4) is 0 Å². The van der Waals surface area contributed by atoms with Crippen LogP contribution in [0.4, 0.5) is 5.69 Å². The van der Waals surface area contributed by atoms with Gasteiger partial charge in [0.25, 0.3) is 0 Å². The predicted molar refractivity (Wildman–Crippen MR) is 94.9 cm³/mol. The molecule has 2 aromatic carbocycles. The molecule has 5 nitrogen and oxygen atoms in total. The molecule has 0 spiro atoms. The molecule has 0 amide bonds. The first-order valence-electron chi connectivity index (χ1n) is 7.13. The fraction of sp³-hybridized carbons (Fsp3) is 0.118. The molecule has 0 aliphatic carbocycles. The normalized spacial score (nSPS) is 11.7. The summed E-state index contributed by atoms with van der Waals surface area (Å²) in [5, 5.41) is 15.3. The number of carboxylic acid groups (broad SMARTS) is 1. The van der Waals surface area contributed by atoms with Crippen LogP contribution in [0.25, 0.3) is 10.6 Å². The van der Waals surface area contributed by atoms with Crippen LogP contribution in [-0.2, 0) is 7.05 Å². The van der Waals surface area contributed by atoms with E-state index in [-0.39, 0.29) is 5.56 Å². The zero-order valence-corrected chi connectivity index (χ0v) is 14.6. The van der Waals surface area contributed by atoms with Crippen molar-refractivity contribution in [1.29, 1.82) is 0 Å². The van der Waals surface area contributed by atoms with Crippen molar-refractivity contribution in [3.05, 3.63) is 63.4 Å². The van der Waals surface area contributed by atoms with Gasteiger partial charge in [-0.15, -0.1) is 0 Å². The number of hydrogen-bond donors (Lipinski definition) is 1. The molecule has 122 valence electrons. The van der Waals surface area contributed by atoms with Crippen molar-refractivity contribution >= 4 is 34.6 Å². The lowest BCUT2D eigenvalue weighted by Crippen LogP contribution is -2.12. The molecule has 3 rings (SSSR count). The molecule has 1 heterocycles. The molecule has 0 aliphatic rings. The van der Waals surface area contributed by atoms with Crippen LogP contribution in [0.5, 0.6) is 0 Å². The van der Waals surface area contributed by atoms with Gasteiger partial charge in [-0.2, -0.15) is 5.10 Å². The Balaban J connectivity index is 2.13. The van der Waals surface area contributed by atoms with Gasteiger partial charge in [-0.1, -0.05) is 47.2 Å². The molecule has 0 fully saturated rings. The summed E-state index contributed by atoms with van der Waals surface area (Å²) >= 11 is 7.30. The Kier molecular flexibility index (Phi) is 4.51. The van der Waals surface area contributed by atoms with Crippen molar-refractivity contribution in [2.45, 2.75) is 6.92 Å². The van der Waals surface area contributed by atoms with Crippen LogP contribution >= 0.6 is 22.9 Å². The quantitative estimate of drug-likeness (QED) is 0.767. The van der Waals surface area contributed by atoms with Gasteiger partial charge in [0.15, 0.2) is 0 Å². The number of nitrogens with zero attached hydrogens (tertiary/aromatic N) is 3. The number of rotatable bonds is 3. The first-order valence-corrected chi connectivity index (χ1v) is 8.33. The maximum Gasteiger partial charge on any atom is 0.337 e. The SMILES string of the molecule is Cc1cccc(C(=O)O)c1N=c1sc(-c2ccc(Cl)cc2)nn1C. The fourth-order valence-corrected chi connectivity index (χ4v) is 3.26. The average Bonchev–Trinajstić information content (AvgIpc) is 2.90. The van der Waals surface area contributed by atoms with E-state index in [9.17, 15) is 9.90 Å². The zero-order chi connectivity index (χ0) is 17.3. The third kappa shape index (κ3) is 3.25. The maximum absolute atomic E-state index is 11.4. The predicted octanol–water partition coefficient (Wildman–Crippen LogP) is 4.04.